The molecule has 0 saturated heterocycles. The van der Waals surface area contributed by atoms with Crippen molar-refractivity contribution in [2.45, 2.75) is 18.4 Å². The summed E-state index contributed by atoms with van der Waals surface area (Å²) in [6.07, 6.45) is 5.69. The van der Waals surface area contributed by atoms with Gasteiger partial charge in [0.15, 0.2) is 0 Å². The lowest BCUT2D eigenvalue weighted by atomic mass is 9.77. The predicted octanol–water partition coefficient (Wildman–Crippen LogP) is 6.42. The number of para-hydroxylation sites is 1. The fourth-order valence-electron chi connectivity index (χ4n) is 3.65. The van der Waals surface area contributed by atoms with Gasteiger partial charge in [0.1, 0.15) is 0 Å². The van der Waals surface area contributed by atoms with Crippen molar-refractivity contribution in [3.8, 4) is 0 Å². The number of anilines is 1. The van der Waals surface area contributed by atoms with Crippen molar-refractivity contribution < 1.29 is 0 Å². The quantitative estimate of drug-likeness (QED) is 0.397. The highest BCUT2D eigenvalue weighted by molar-refractivity contribution is 14.1. The van der Waals surface area contributed by atoms with Gasteiger partial charge < -0.3 is 5.32 Å². The van der Waals surface area contributed by atoms with Crippen molar-refractivity contribution >= 4 is 51.5 Å². The smallest absolute Gasteiger partial charge is 0.0645 e. The Labute approximate surface area is 153 Å². The van der Waals surface area contributed by atoms with E-state index in [1.54, 1.807) is 0 Å². The summed E-state index contributed by atoms with van der Waals surface area (Å²) in [5.74, 6) is 0.938. The van der Waals surface area contributed by atoms with Gasteiger partial charge in [0.05, 0.1) is 21.8 Å². The standard InChI is InChI=1S/C18H14Cl2IN/c19-14-8-2-7-13(16(14)20)17-11-5-1-4-10(11)12-6-3-9-15(21)18(12)22-17/h1-4,6-11,17,22H,5H2/t10-,11+,17+/m0/s1. The average molecular weight is 442 g/mol. The van der Waals surface area contributed by atoms with E-state index in [1.807, 2.05) is 12.1 Å². The highest BCUT2D eigenvalue weighted by Gasteiger charge is 2.39. The van der Waals surface area contributed by atoms with E-state index >= 15 is 0 Å². The fourth-order valence-corrected chi connectivity index (χ4v) is 4.75. The first-order chi connectivity index (χ1) is 10.7. The largest absolute Gasteiger partial charge is 0.377 e. The second-order valence-corrected chi connectivity index (χ2v) is 7.77. The first-order valence-corrected chi connectivity index (χ1v) is 9.16. The average Bonchev–Trinajstić information content (AvgIpc) is 3.00. The van der Waals surface area contributed by atoms with Gasteiger partial charge in [0.2, 0.25) is 0 Å². The maximum atomic E-state index is 6.49. The second kappa shape index (κ2) is 5.73. The van der Waals surface area contributed by atoms with Crippen molar-refractivity contribution in [2.75, 3.05) is 5.32 Å². The van der Waals surface area contributed by atoms with Crippen LogP contribution >= 0.6 is 45.8 Å². The zero-order valence-electron chi connectivity index (χ0n) is 11.7. The van der Waals surface area contributed by atoms with Crippen LogP contribution in [0.5, 0.6) is 0 Å². The van der Waals surface area contributed by atoms with Gasteiger partial charge in [-0.3, -0.25) is 0 Å². The SMILES string of the molecule is Clc1cccc([C@@H]2Nc3c(I)cccc3[C@H]3C=CC[C@H]32)c1Cl. The molecule has 2 aliphatic rings. The summed E-state index contributed by atoms with van der Waals surface area (Å²) in [7, 11) is 0. The van der Waals surface area contributed by atoms with E-state index in [2.05, 4.69) is 64.3 Å². The maximum absolute atomic E-state index is 6.49. The molecule has 1 aliphatic carbocycles. The first-order valence-electron chi connectivity index (χ1n) is 7.32. The topological polar surface area (TPSA) is 12.0 Å². The molecule has 22 heavy (non-hydrogen) atoms. The van der Waals surface area contributed by atoms with Gasteiger partial charge in [-0.05, 0) is 58.2 Å². The van der Waals surface area contributed by atoms with Gasteiger partial charge in [-0.15, -0.1) is 0 Å². The summed E-state index contributed by atoms with van der Waals surface area (Å²) in [5.41, 5.74) is 3.72. The summed E-state index contributed by atoms with van der Waals surface area (Å²) >= 11 is 15.1. The third kappa shape index (κ3) is 2.27. The zero-order chi connectivity index (χ0) is 15.3. The highest BCUT2D eigenvalue weighted by Crippen LogP contribution is 2.52. The lowest BCUT2D eigenvalue weighted by Gasteiger charge is -2.38. The van der Waals surface area contributed by atoms with E-state index < -0.39 is 0 Å². The molecule has 112 valence electrons. The Morgan fingerprint density at radius 2 is 1.82 bits per heavy atom. The first kappa shape index (κ1) is 14.9. The Bertz CT molecular complexity index is 772. The zero-order valence-corrected chi connectivity index (χ0v) is 15.4. The molecule has 4 heteroatoms. The van der Waals surface area contributed by atoms with Gasteiger partial charge >= 0.3 is 0 Å². The Kier molecular flexibility index (Phi) is 3.87. The molecule has 0 unspecified atom stereocenters. The van der Waals surface area contributed by atoms with Gasteiger partial charge in [0, 0.05) is 9.49 Å². The molecular weight excluding hydrogens is 428 g/mol. The third-order valence-electron chi connectivity index (χ3n) is 4.66. The van der Waals surface area contributed by atoms with E-state index in [4.69, 9.17) is 23.2 Å². The van der Waals surface area contributed by atoms with Gasteiger partial charge in [0.25, 0.3) is 0 Å². The van der Waals surface area contributed by atoms with Crippen LogP contribution in [0.25, 0.3) is 0 Å². The molecule has 0 fully saturated rings. The molecule has 1 aliphatic heterocycles. The minimum atomic E-state index is 0.189. The van der Waals surface area contributed by atoms with Crippen LogP contribution < -0.4 is 5.32 Å². The van der Waals surface area contributed by atoms with Crippen molar-refractivity contribution in [2.24, 2.45) is 5.92 Å². The van der Waals surface area contributed by atoms with E-state index in [9.17, 15) is 0 Å². The molecule has 1 heterocycles. The van der Waals surface area contributed by atoms with E-state index in [1.165, 1.54) is 14.8 Å². The number of hydrogen-bond donors (Lipinski definition) is 1. The van der Waals surface area contributed by atoms with E-state index in [0.717, 1.165) is 12.0 Å². The lowest BCUT2D eigenvalue weighted by molar-refractivity contribution is 0.425. The minimum Gasteiger partial charge on any atom is -0.377 e. The second-order valence-electron chi connectivity index (χ2n) is 5.82. The number of fused-ring (bicyclic) bond motifs is 3. The number of nitrogens with one attached hydrogen (secondary N) is 1. The highest BCUT2D eigenvalue weighted by atomic mass is 127. The van der Waals surface area contributed by atoms with Crippen LogP contribution in [0.4, 0.5) is 5.69 Å². The molecule has 2 aromatic carbocycles. The van der Waals surface area contributed by atoms with Crippen LogP contribution in [0.1, 0.15) is 29.5 Å². The van der Waals surface area contributed by atoms with Gasteiger partial charge in [-0.2, -0.15) is 0 Å². The lowest BCUT2D eigenvalue weighted by Crippen LogP contribution is -2.29. The van der Waals surface area contributed by atoms with Gasteiger partial charge in [-0.1, -0.05) is 59.6 Å². The molecule has 0 aromatic heterocycles. The molecule has 3 atom stereocenters. The number of hydrogen-bond acceptors (Lipinski definition) is 1. The molecule has 0 saturated carbocycles. The summed E-state index contributed by atoms with van der Waals surface area (Å²) in [6, 6.07) is 12.6. The maximum Gasteiger partial charge on any atom is 0.0645 e. The van der Waals surface area contributed by atoms with Crippen LogP contribution in [0.15, 0.2) is 48.6 Å². The molecule has 0 amide bonds. The summed E-state index contributed by atoms with van der Waals surface area (Å²) in [6.45, 7) is 0. The Hall–Kier alpha value is -0.710. The minimum absolute atomic E-state index is 0.189. The van der Waals surface area contributed by atoms with Crippen molar-refractivity contribution in [3.05, 3.63) is 73.3 Å². The predicted molar refractivity (Wildman–Crippen MR) is 102 cm³/mol. The molecule has 0 spiro atoms. The van der Waals surface area contributed by atoms with Crippen LogP contribution in [0.2, 0.25) is 10.0 Å². The van der Waals surface area contributed by atoms with Crippen LogP contribution in [-0.4, -0.2) is 0 Å². The van der Waals surface area contributed by atoms with Gasteiger partial charge in [-0.25, -0.2) is 0 Å². The van der Waals surface area contributed by atoms with Crippen LogP contribution in [0.3, 0.4) is 0 Å². The Morgan fingerprint density at radius 1 is 1.05 bits per heavy atom. The van der Waals surface area contributed by atoms with E-state index in [0.29, 0.717) is 21.9 Å². The number of rotatable bonds is 1. The normalized spacial score (nSPS) is 25.5. The summed E-state index contributed by atoms with van der Waals surface area (Å²) in [5, 5.41) is 5.02. The number of halogens is 3. The van der Waals surface area contributed by atoms with Crippen molar-refractivity contribution in [1.82, 2.24) is 0 Å². The molecule has 1 N–H and O–H groups in total. The molecule has 0 bridgehead atoms. The molecule has 2 aromatic rings. The fraction of sp³-hybridized carbons (Fsp3) is 0.222. The number of allylic oxidation sites excluding steroid dienone is 2. The third-order valence-corrected chi connectivity index (χ3v) is 6.39. The summed E-state index contributed by atoms with van der Waals surface area (Å²) in [4.78, 5) is 0. The number of benzene rings is 2. The summed E-state index contributed by atoms with van der Waals surface area (Å²) < 4.78 is 1.25. The molecule has 1 nitrogen and oxygen atoms in total. The van der Waals surface area contributed by atoms with E-state index in [-0.39, 0.29) is 6.04 Å². The molecule has 4 rings (SSSR count). The Morgan fingerprint density at radius 3 is 2.68 bits per heavy atom. The van der Waals surface area contributed by atoms with Crippen LogP contribution in [-0.2, 0) is 0 Å². The monoisotopic (exact) mass is 441 g/mol. The van der Waals surface area contributed by atoms with Crippen molar-refractivity contribution in [3.63, 3.8) is 0 Å². The van der Waals surface area contributed by atoms with Crippen molar-refractivity contribution in [1.29, 1.82) is 0 Å². The van der Waals surface area contributed by atoms with Crippen LogP contribution in [0, 0.1) is 9.49 Å². The molecular formula is C18H14Cl2IN. The molecule has 0 radical (unpaired) electrons. The Balaban J connectivity index is 1.86.